The summed E-state index contributed by atoms with van der Waals surface area (Å²) in [6.07, 6.45) is 0.810. The summed E-state index contributed by atoms with van der Waals surface area (Å²) in [5.41, 5.74) is 0.991. The number of rotatable bonds is 6. The number of hydrogen-bond donors (Lipinski definition) is 2. The third-order valence-electron chi connectivity index (χ3n) is 3.70. The van der Waals surface area contributed by atoms with E-state index in [4.69, 9.17) is 0 Å². The van der Waals surface area contributed by atoms with E-state index in [2.05, 4.69) is 20.6 Å². The first-order chi connectivity index (χ1) is 12.5. The standard InChI is InChI=1S/C19H17F3N4/c1-12-24-16(23-10-9-13-5-3-2-4-6-13)11-17(25-12)26-15-8-7-14(20)18(21)19(15)22/h2-8,11H,9-10H2,1H3,(H2,23,24,25,26). The summed E-state index contributed by atoms with van der Waals surface area (Å²) in [7, 11) is 0. The van der Waals surface area contributed by atoms with Crippen molar-refractivity contribution in [1.82, 2.24) is 9.97 Å². The number of anilines is 3. The number of hydrogen-bond acceptors (Lipinski definition) is 4. The van der Waals surface area contributed by atoms with Gasteiger partial charge in [0.05, 0.1) is 5.69 Å². The topological polar surface area (TPSA) is 49.8 Å². The van der Waals surface area contributed by atoms with Gasteiger partial charge in [0.25, 0.3) is 0 Å². The van der Waals surface area contributed by atoms with Crippen LogP contribution in [0.2, 0.25) is 0 Å². The van der Waals surface area contributed by atoms with Crippen molar-refractivity contribution in [3.05, 3.63) is 77.4 Å². The van der Waals surface area contributed by atoms with E-state index in [9.17, 15) is 13.2 Å². The minimum atomic E-state index is -1.53. The van der Waals surface area contributed by atoms with Crippen molar-refractivity contribution < 1.29 is 13.2 Å². The molecule has 0 saturated carbocycles. The molecule has 0 aliphatic heterocycles. The summed E-state index contributed by atoms with van der Waals surface area (Å²) >= 11 is 0. The number of nitrogens with one attached hydrogen (secondary N) is 2. The minimum absolute atomic E-state index is 0.197. The fraction of sp³-hybridized carbons (Fsp3) is 0.158. The second-order valence-corrected chi connectivity index (χ2v) is 5.70. The zero-order valence-electron chi connectivity index (χ0n) is 14.1. The molecule has 2 aromatic carbocycles. The van der Waals surface area contributed by atoms with Crippen molar-refractivity contribution in [3.8, 4) is 0 Å². The monoisotopic (exact) mass is 358 g/mol. The van der Waals surface area contributed by atoms with Crippen LogP contribution in [0.1, 0.15) is 11.4 Å². The molecular formula is C19H17F3N4. The molecule has 0 radical (unpaired) electrons. The third kappa shape index (κ3) is 4.30. The maximum Gasteiger partial charge on any atom is 0.196 e. The molecule has 3 aromatic rings. The van der Waals surface area contributed by atoms with Gasteiger partial charge in [-0.2, -0.15) is 0 Å². The molecule has 7 heteroatoms. The fourth-order valence-corrected chi connectivity index (χ4v) is 2.46. The molecule has 0 bridgehead atoms. The highest BCUT2D eigenvalue weighted by atomic mass is 19.2. The number of nitrogens with zero attached hydrogens (tertiary/aromatic N) is 2. The van der Waals surface area contributed by atoms with Gasteiger partial charge in [-0.25, -0.2) is 23.1 Å². The van der Waals surface area contributed by atoms with Crippen LogP contribution in [0.4, 0.5) is 30.5 Å². The molecule has 0 amide bonds. The molecule has 134 valence electrons. The lowest BCUT2D eigenvalue weighted by Gasteiger charge is -2.11. The maximum atomic E-state index is 13.8. The van der Waals surface area contributed by atoms with Crippen molar-refractivity contribution in [2.75, 3.05) is 17.2 Å². The quantitative estimate of drug-likeness (QED) is 0.632. The van der Waals surface area contributed by atoms with Gasteiger partial charge in [-0.15, -0.1) is 0 Å². The van der Waals surface area contributed by atoms with Crippen molar-refractivity contribution in [2.24, 2.45) is 0 Å². The molecule has 0 saturated heterocycles. The highest BCUT2D eigenvalue weighted by Crippen LogP contribution is 2.23. The lowest BCUT2D eigenvalue weighted by Crippen LogP contribution is -2.09. The molecule has 1 aromatic heterocycles. The summed E-state index contributed by atoms with van der Waals surface area (Å²) in [6, 6.07) is 13.5. The van der Waals surface area contributed by atoms with Crippen LogP contribution in [0.25, 0.3) is 0 Å². The maximum absolute atomic E-state index is 13.8. The molecule has 0 unspecified atom stereocenters. The second-order valence-electron chi connectivity index (χ2n) is 5.70. The summed E-state index contributed by atoms with van der Waals surface area (Å²) < 4.78 is 40.2. The molecule has 0 spiro atoms. The minimum Gasteiger partial charge on any atom is -0.370 e. The van der Waals surface area contributed by atoms with E-state index in [0.29, 0.717) is 18.2 Å². The third-order valence-corrected chi connectivity index (χ3v) is 3.70. The number of halogens is 3. The van der Waals surface area contributed by atoms with Crippen molar-refractivity contribution in [3.63, 3.8) is 0 Å². The van der Waals surface area contributed by atoms with Gasteiger partial charge in [0, 0.05) is 12.6 Å². The molecule has 26 heavy (non-hydrogen) atoms. The number of aryl methyl sites for hydroxylation is 1. The Hall–Kier alpha value is -3.09. The van der Waals surface area contributed by atoms with E-state index >= 15 is 0 Å². The van der Waals surface area contributed by atoms with Crippen LogP contribution in [0, 0.1) is 24.4 Å². The highest BCUT2D eigenvalue weighted by molar-refractivity contribution is 5.60. The Balaban J connectivity index is 1.70. The van der Waals surface area contributed by atoms with Gasteiger partial charge in [-0.1, -0.05) is 30.3 Å². The second kappa shape index (κ2) is 7.86. The van der Waals surface area contributed by atoms with E-state index in [-0.39, 0.29) is 11.5 Å². The summed E-state index contributed by atoms with van der Waals surface area (Å²) in [5.74, 6) is -2.76. The van der Waals surface area contributed by atoms with Crippen LogP contribution < -0.4 is 10.6 Å². The normalized spacial score (nSPS) is 10.6. The smallest absolute Gasteiger partial charge is 0.196 e. The fourth-order valence-electron chi connectivity index (χ4n) is 2.46. The predicted molar refractivity (Wildman–Crippen MR) is 95.0 cm³/mol. The Morgan fingerprint density at radius 3 is 2.38 bits per heavy atom. The Morgan fingerprint density at radius 1 is 0.885 bits per heavy atom. The van der Waals surface area contributed by atoms with Crippen LogP contribution in [-0.4, -0.2) is 16.5 Å². The van der Waals surface area contributed by atoms with Gasteiger partial charge in [-0.05, 0) is 31.0 Å². The van der Waals surface area contributed by atoms with E-state index in [1.807, 2.05) is 30.3 Å². The van der Waals surface area contributed by atoms with Gasteiger partial charge in [-0.3, -0.25) is 0 Å². The van der Waals surface area contributed by atoms with E-state index in [0.717, 1.165) is 18.6 Å². The van der Waals surface area contributed by atoms with Gasteiger partial charge < -0.3 is 10.6 Å². The number of aromatic nitrogens is 2. The summed E-state index contributed by atoms with van der Waals surface area (Å²) in [5, 5.41) is 5.83. The predicted octanol–water partition coefficient (Wildman–Crippen LogP) is 4.60. The largest absolute Gasteiger partial charge is 0.370 e. The van der Waals surface area contributed by atoms with Crippen molar-refractivity contribution in [2.45, 2.75) is 13.3 Å². The van der Waals surface area contributed by atoms with Crippen LogP contribution in [0.3, 0.4) is 0 Å². The molecule has 1 heterocycles. The first kappa shape index (κ1) is 17.7. The highest BCUT2D eigenvalue weighted by Gasteiger charge is 2.14. The molecular weight excluding hydrogens is 341 g/mol. The Morgan fingerprint density at radius 2 is 1.62 bits per heavy atom. The van der Waals surface area contributed by atoms with E-state index < -0.39 is 17.5 Å². The number of benzene rings is 2. The van der Waals surface area contributed by atoms with Crippen LogP contribution in [-0.2, 0) is 6.42 Å². The van der Waals surface area contributed by atoms with Gasteiger partial charge in [0.1, 0.15) is 17.5 Å². The molecule has 0 aliphatic carbocycles. The average Bonchev–Trinajstić information content (AvgIpc) is 2.63. The van der Waals surface area contributed by atoms with Gasteiger partial charge in [0.15, 0.2) is 17.5 Å². The zero-order chi connectivity index (χ0) is 18.5. The first-order valence-corrected chi connectivity index (χ1v) is 8.07. The Kier molecular flexibility index (Phi) is 5.36. The van der Waals surface area contributed by atoms with Crippen LogP contribution >= 0.6 is 0 Å². The Bertz CT molecular complexity index is 901. The summed E-state index contributed by atoms with van der Waals surface area (Å²) in [4.78, 5) is 8.41. The van der Waals surface area contributed by atoms with Crippen molar-refractivity contribution in [1.29, 1.82) is 0 Å². The van der Waals surface area contributed by atoms with E-state index in [1.54, 1.807) is 13.0 Å². The van der Waals surface area contributed by atoms with E-state index in [1.165, 1.54) is 5.56 Å². The first-order valence-electron chi connectivity index (χ1n) is 8.07. The molecule has 3 rings (SSSR count). The zero-order valence-corrected chi connectivity index (χ0v) is 14.1. The van der Waals surface area contributed by atoms with Crippen molar-refractivity contribution >= 4 is 17.3 Å². The molecule has 4 nitrogen and oxygen atoms in total. The Labute approximate surface area is 149 Å². The molecule has 0 aliphatic rings. The van der Waals surface area contributed by atoms with Gasteiger partial charge in [0.2, 0.25) is 0 Å². The SMILES string of the molecule is Cc1nc(NCCc2ccccc2)cc(Nc2ccc(F)c(F)c2F)n1. The molecule has 0 atom stereocenters. The lowest BCUT2D eigenvalue weighted by atomic mass is 10.1. The summed E-state index contributed by atoms with van der Waals surface area (Å²) in [6.45, 7) is 2.34. The van der Waals surface area contributed by atoms with Crippen LogP contribution in [0.15, 0.2) is 48.5 Å². The van der Waals surface area contributed by atoms with Crippen LogP contribution in [0.5, 0.6) is 0 Å². The molecule has 0 fully saturated rings. The average molecular weight is 358 g/mol. The lowest BCUT2D eigenvalue weighted by molar-refractivity contribution is 0.449. The molecule has 2 N–H and O–H groups in total. The van der Waals surface area contributed by atoms with Gasteiger partial charge >= 0.3 is 0 Å².